The molecule has 0 spiro atoms. The monoisotopic (exact) mass is 515 g/mol. The lowest BCUT2D eigenvalue weighted by atomic mass is 10.1. The van der Waals surface area contributed by atoms with Crippen LogP contribution in [0.3, 0.4) is 0 Å². The second-order valence-corrected chi connectivity index (χ2v) is 9.40. The van der Waals surface area contributed by atoms with Crippen LogP contribution in [0.5, 0.6) is 0 Å². The number of nitrogens with one attached hydrogen (secondary N) is 2. The number of carbonyl (C=O) groups excluding carboxylic acids is 2. The van der Waals surface area contributed by atoms with Gasteiger partial charge in [-0.15, -0.1) is 0 Å². The second kappa shape index (κ2) is 11.6. The quantitative estimate of drug-likeness (QED) is 0.243. The third kappa shape index (κ3) is 7.36. The van der Waals surface area contributed by atoms with Crippen molar-refractivity contribution in [3.63, 3.8) is 0 Å². The van der Waals surface area contributed by atoms with Gasteiger partial charge in [0.2, 0.25) is 5.91 Å². The van der Waals surface area contributed by atoms with Crippen molar-refractivity contribution >= 4 is 45.9 Å². The molecule has 0 fully saturated rings. The predicted molar refractivity (Wildman–Crippen MR) is 135 cm³/mol. The molecule has 0 aromatic heterocycles. The van der Waals surface area contributed by atoms with Crippen LogP contribution in [0.2, 0.25) is 5.02 Å². The summed E-state index contributed by atoms with van der Waals surface area (Å²) in [5.41, 5.74) is 13.1. The zero-order chi connectivity index (χ0) is 25.5. The maximum Gasteiger partial charge on any atom is 0.251 e. The number of hydrogen-bond donors (Lipinski definition) is 4. The second-order valence-electron chi connectivity index (χ2n) is 7.59. The van der Waals surface area contributed by atoms with Crippen LogP contribution >= 0.6 is 11.6 Å². The third-order valence-electron chi connectivity index (χ3n) is 4.88. The Hall–Kier alpha value is -3.76. The van der Waals surface area contributed by atoms with Crippen LogP contribution in [0.1, 0.15) is 27.0 Å². The number of rotatable bonds is 10. The maximum absolute atomic E-state index is 13.5. The standard InChI is InChI=1S/C24H23ClFN5O3S/c25-19-9-18(24(33)30-12-15-4-6-17(7-5-15)23(28)29)10-21(11-19)31(13-22(27)32)35(34)14-16-2-1-3-20(26)8-16/h1-11H,12-14H2,(H2,27,32)(H3,28,29)(H,30,33). The molecule has 8 nitrogen and oxygen atoms in total. The summed E-state index contributed by atoms with van der Waals surface area (Å²) >= 11 is 6.22. The lowest BCUT2D eigenvalue weighted by Gasteiger charge is -2.23. The molecule has 3 aromatic rings. The summed E-state index contributed by atoms with van der Waals surface area (Å²) in [6.45, 7) is -0.193. The van der Waals surface area contributed by atoms with Gasteiger partial charge in [-0.05, 0) is 41.5 Å². The number of nitrogens with zero attached hydrogens (tertiary/aromatic N) is 1. The summed E-state index contributed by atoms with van der Waals surface area (Å²) in [4.78, 5) is 24.5. The summed E-state index contributed by atoms with van der Waals surface area (Å²) in [6.07, 6.45) is 0. The molecular formula is C24H23ClFN5O3S. The van der Waals surface area contributed by atoms with Crippen LogP contribution in [0.15, 0.2) is 66.7 Å². The van der Waals surface area contributed by atoms with Gasteiger partial charge in [-0.2, -0.15) is 0 Å². The number of carbonyl (C=O) groups is 2. The Bertz CT molecular complexity index is 1290. The lowest BCUT2D eigenvalue weighted by Crippen LogP contribution is -2.36. The smallest absolute Gasteiger partial charge is 0.251 e. The van der Waals surface area contributed by atoms with Crippen molar-refractivity contribution in [1.29, 1.82) is 5.41 Å². The molecule has 1 unspecified atom stereocenters. The Morgan fingerprint density at radius 2 is 1.71 bits per heavy atom. The number of benzene rings is 3. The van der Waals surface area contributed by atoms with Gasteiger partial charge in [-0.25, -0.2) is 8.60 Å². The number of amidine groups is 1. The first-order chi connectivity index (χ1) is 16.6. The van der Waals surface area contributed by atoms with E-state index in [0.29, 0.717) is 11.1 Å². The van der Waals surface area contributed by atoms with Crippen LogP contribution in [0.25, 0.3) is 0 Å². The molecule has 0 radical (unpaired) electrons. The number of anilines is 1. The van der Waals surface area contributed by atoms with Crippen molar-refractivity contribution in [2.45, 2.75) is 12.3 Å². The molecule has 0 aliphatic heterocycles. The molecule has 0 saturated carbocycles. The van der Waals surface area contributed by atoms with Crippen LogP contribution in [-0.4, -0.2) is 28.4 Å². The number of nitrogens with two attached hydrogens (primary N) is 2. The predicted octanol–water partition coefficient (Wildman–Crippen LogP) is 2.85. The highest BCUT2D eigenvalue weighted by Gasteiger charge is 2.20. The highest BCUT2D eigenvalue weighted by atomic mass is 35.5. The molecular weight excluding hydrogens is 493 g/mol. The molecule has 35 heavy (non-hydrogen) atoms. The number of halogens is 2. The summed E-state index contributed by atoms with van der Waals surface area (Å²) in [5, 5.41) is 10.4. The fourth-order valence-corrected chi connectivity index (χ4v) is 4.67. The average Bonchev–Trinajstić information content (AvgIpc) is 2.80. The summed E-state index contributed by atoms with van der Waals surface area (Å²) < 4.78 is 27.8. The Morgan fingerprint density at radius 1 is 1.00 bits per heavy atom. The molecule has 0 saturated heterocycles. The van der Waals surface area contributed by atoms with Gasteiger partial charge in [0.05, 0.1) is 11.4 Å². The van der Waals surface area contributed by atoms with E-state index in [0.717, 1.165) is 5.56 Å². The summed E-state index contributed by atoms with van der Waals surface area (Å²) in [5.74, 6) is -1.78. The van der Waals surface area contributed by atoms with E-state index in [-0.39, 0.29) is 34.4 Å². The van der Waals surface area contributed by atoms with Gasteiger partial charge in [0, 0.05) is 22.7 Å². The summed E-state index contributed by atoms with van der Waals surface area (Å²) in [7, 11) is -1.81. The van der Waals surface area contributed by atoms with Gasteiger partial charge in [0.25, 0.3) is 5.91 Å². The van der Waals surface area contributed by atoms with E-state index >= 15 is 0 Å². The zero-order valence-electron chi connectivity index (χ0n) is 18.5. The van der Waals surface area contributed by atoms with Crippen LogP contribution in [0, 0.1) is 11.2 Å². The first-order valence-electron chi connectivity index (χ1n) is 10.3. The molecule has 0 bridgehead atoms. The van der Waals surface area contributed by atoms with Crippen LogP contribution in [0.4, 0.5) is 10.1 Å². The van der Waals surface area contributed by atoms with E-state index < -0.39 is 35.2 Å². The Kier molecular flexibility index (Phi) is 8.56. The Balaban J connectivity index is 1.79. The summed E-state index contributed by atoms with van der Waals surface area (Å²) in [6, 6.07) is 16.8. The fourth-order valence-electron chi connectivity index (χ4n) is 3.21. The molecule has 11 heteroatoms. The number of hydrogen-bond acceptors (Lipinski definition) is 4. The van der Waals surface area contributed by atoms with E-state index in [1.165, 1.54) is 40.7 Å². The number of amides is 2. The fraction of sp³-hybridized carbons (Fsp3) is 0.125. The number of primary amides is 1. The third-order valence-corrected chi connectivity index (χ3v) is 6.51. The molecule has 2 amide bonds. The minimum absolute atomic E-state index is 0.0534. The molecule has 6 N–H and O–H groups in total. The van der Waals surface area contributed by atoms with Crippen LogP contribution in [-0.2, 0) is 28.1 Å². The number of nitrogen functional groups attached to an aromatic ring is 1. The lowest BCUT2D eigenvalue weighted by molar-refractivity contribution is -0.116. The first-order valence-corrected chi connectivity index (χ1v) is 12.0. The SMILES string of the molecule is N=C(N)c1ccc(CNC(=O)c2cc(Cl)cc(N(CC(N)=O)S(=O)Cc3cccc(F)c3)c2)cc1. The van der Waals surface area contributed by atoms with E-state index in [4.69, 9.17) is 28.5 Å². The van der Waals surface area contributed by atoms with Crippen molar-refractivity contribution in [2.75, 3.05) is 10.8 Å². The zero-order valence-corrected chi connectivity index (χ0v) is 20.0. The average molecular weight is 516 g/mol. The molecule has 3 aromatic carbocycles. The molecule has 3 rings (SSSR count). The topological polar surface area (TPSA) is 142 Å². The first kappa shape index (κ1) is 25.9. The van der Waals surface area contributed by atoms with E-state index in [2.05, 4.69) is 5.32 Å². The highest BCUT2D eigenvalue weighted by Crippen LogP contribution is 2.25. The van der Waals surface area contributed by atoms with E-state index in [1.54, 1.807) is 30.3 Å². The minimum atomic E-state index is -1.81. The molecule has 0 aliphatic carbocycles. The van der Waals surface area contributed by atoms with Gasteiger partial charge in [-0.1, -0.05) is 48.0 Å². The molecule has 0 heterocycles. The van der Waals surface area contributed by atoms with Crippen molar-refractivity contribution in [3.8, 4) is 0 Å². The van der Waals surface area contributed by atoms with Gasteiger partial charge in [0.1, 0.15) is 29.2 Å². The normalized spacial score (nSPS) is 11.5. The Labute approximate surface area is 209 Å². The van der Waals surface area contributed by atoms with Gasteiger partial charge in [-0.3, -0.25) is 19.3 Å². The largest absolute Gasteiger partial charge is 0.384 e. The molecule has 1 atom stereocenters. The van der Waals surface area contributed by atoms with Gasteiger partial charge >= 0.3 is 0 Å². The minimum Gasteiger partial charge on any atom is -0.384 e. The van der Waals surface area contributed by atoms with E-state index in [1.807, 2.05) is 0 Å². The van der Waals surface area contributed by atoms with Crippen molar-refractivity contribution in [3.05, 3.63) is 99.8 Å². The highest BCUT2D eigenvalue weighted by molar-refractivity contribution is 7.85. The van der Waals surface area contributed by atoms with Crippen molar-refractivity contribution in [2.24, 2.45) is 11.5 Å². The van der Waals surface area contributed by atoms with Crippen LogP contribution < -0.4 is 21.1 Å². The maximum atomic E-state index is 13.5. The van der Waals surface area contributed by atoms with E-state index in [9.17, 15) is 18.2 Å². The van der Waals surface area contributed by atoms with Gasteiger partial charge in [0.15, 0.2) is 0 Å². The van der Waals surface area contributed by atoms with Crippen molar-refractivity contribution in [1.82, 2.24) is 5.32 Å². The molecule has 0 aliphatic rings. The molecule has 182 valence electrons. The van der Waals surface area contributed by atoms with Gasteiger partial charge < -0.3 is 16.8 Å². The van der Waals surface area contributed by atoms with Crippen molar-refractivity contribution < 1.29 is 18.2 Å². The Morgan fingerprint density at radius 3 is 2.34 bits per heavy atom.